The molecule has 1 aliphatic heterocycles. The molecule has 1 aliphatic rings. The van der Waals surface area contributed by atoms with E-state index in [9.17, 15) is 26.3 Å². The number of hydrogen-bond donors (Lipinski definition) is 1. The van der Waals surface area contributed by atoms with Crippen LogP contribution < -0.4 is 0 Å². The van der Waals surface area contributed by atoms with Crippen molar-refractivity contribution >= 4 is 11.4 Å². The molecular formula is C7H8F6N2O. The molecule has 0 unspecified atom stereocenters. The molecule has 3 nitrogen and oxygen atoms in total. The van der Waals surface area contributed by atoms with Crippen LogP contribution in [0.15, 0.2) is 10.2 Å². The summed E-state index contributed by atoms with van der Waals surface area (Å²) in [6, 6.07) is 0. The van der Waals surface area contributed by atoms with Crippen LogP contribution >= 0.6 is 0 Å². The lowest BCUT2D eigenvalue weighted by Crippen LogP contribution is -2.36. The zero-order chi connectivity index (χ0) is 13.1. The zero-order valence-electron chi connectivity index (χ0n) is 8.19. The maximum Gasteiger partial charge on any atom is 0.431 e. The first-order valence-electron chi connectivity index (χ1n) is 3.88. The topological polar surface area (TPSA) is 45.0 Å². The summed E-state index contributed by atoms with van der Waals surface area (Å²) in [5.41, 5.74) is -3.02. The molecule has 1 rings (SSSR count). The molecule has 16 heavy (non-hydrogen) atoms. The minimum atomic E-state index is -4.87. The fourth-order valence-corrected chi connectivity index (χ4v) is 1.01. The Kier molecular flexibility index (Phi) is 4.47. The molecule has 0 amide bonds. The summed E-state index contributed by atoms with van der Waals surface area (Å²) in [5, 5.41) is 12.0. The van der Waals surface area contributed by atoms with Gasteiger partial charge < -0.3 is 5.11 Å². The molecule has 0 saturated heterocycles. The minimum Gasteiger partial charge on any atom is -0.400 e. The minimum absolute atomic E-state index is 0.769. The Labute approximate surface area is 86.5 Å². The van der Waals surface area contributed by atoms with Crippen LogP contribution in [0.3, 0.4) is 0 Å². The molecule has 0 bridgehead atoms. The van der Waals surface area contributed by atoms with E-state index in [2.05, 4.69) is 10.2 Å². The van der Waals surface area contributed by atoms with Crippen LogP contribution in [0, 0.1) is 5.92 Å². The van der Waals surface area contributed by atoms with Gasteiger partial charge in [-0.2, -0.15) is 26.3 Å². The third kappa shape index (κ3) is 3.19. The average molecular weight is 250 g/mol. The van der Waals surface area contributed by atoms with Gasteiger partial charge in [0, 0.05) is 7.11 Å². The lowest BCUT2D eigenvalue weighted by molar-refractivity contribution is -0.0664. The summed E-state index contributed by atoms with van der Waals surface area (Å²) >= 11 is 0. The van der Waals surface area contributed by atoms with Gasteiger partial charge in [-0.25, -0.2) is 0 Å². The predicted octanol–water partition coefficient (Wildman–Crippen LogP) is 2.17. The number of hydrogen-bond acceptors (Lipinski definition) is 3. The maximum absolute atomic E-state index is 12.0. The molecule has 0 atom stereocenters. The zero-order valence-corrected chi connectivity index (χ0v) is 8.19. The molecule has 1 N–H and O–H groups in total. The van der Waals surface area contributed by atoms with Crippen molar-refractivity contribution in [2.45, 2.75) is 19.3 Å². The molecule has 0 aliphatic carbocycles. The second kappa shape index (κ2) is 4.81. The van der Waals surface area contributed by atoms with Gasteiger partial charge in [-0.3, -0.25) is 0 Å². The molecule has 0 spiro atoms. The smallest absolute Gasteiger partial charge is 0.400 e. The molecule has 9 heteroatoms. The Morgan fingerprint density at radius 3 is 1.25 bits per heavy atom. The van der Waals surface area contributed by atoms with Crippen molar-refractivity contribution in [3.63, 3.8) is 0 Å². The van der Waals surface area contributed by atoms with Gasteiger partial charge in [0.15, 0.2) is 11.4 Å². The van der Waals surface area contributed by atoms with Gasteiger partial charge in [-0.05, 0) is 0 Å². The van der Waals surface area contributed by atoms with Gasteiger partial charge in [0.05, 0.1) is 5.92 Å². The first-order valence-corrected chi connectivity index (χ1v) is 3.88. The van der Waals surface area contributed by atoms with Gasteiger partial charge in [-0.1, -0.05) is 6.92 Å². The summed E-state index contributed by atoms with van der Waals surface area (Å²) in [5.74, 6) is -1.85. The molecule has 0 radical (unpaired) electrons. The van der Waals surface area contributed by atoms with Gasteiger partial charge in [0.25, 0.3) is 0 Å². The maximum atomic E-state index is 12.0. The summed E-state index contributed by atoms with van der Waals surface area (Å²) in [6.07, 6.45) is -9.73. The van der Waals surface area contributed by atoms with Crippen LogP contribution in [0.5, 0.6) is 0 Å². The third-order valence-electron chi connectivity index (χ3n) is 1.67. The van der Waals surface area contributed by atoms with Gasteiger partial charge >= 0.3 is 12.4 Å². The Bertz CT molecular complexity index is 273. The summed E-state index contributed by atoms with van der Waals surface area (Å²) in [4.78, 5) is 0. The third-order valence-corrected chi connectivity index (χ3v) is 1.67. The van der Waals surface area contributed by atoms with Crippen molar-refractivity contribution in [2.75, 3.05) is 7.11 Å². The highest BCUT2D eigenvalue weighted by Crippen LogP contribution is 2.32. The highest BCUT2D eigenvalue weighted by molar-refractivity contribution is 6.14. The summed E-state index contributed by atoms with van der Waals surface area (Å²) in [7, 11) is 1.00. The molecular weight excluding hydrogens is 242 g/mol. The van der Waals surface area contributed by atoms with E-state index in [1.807, 2.05) is 0 Å². The molecule has 0 aromatic rings. The van der Waals surface area contributed by atoms with Crippen LogP contribution in [-0.4, -0.2) is 36.0 Å². The van der Waals surface area contributed by atoms with Crippen molar-refractivity contribution in [3.05, 3.63) is 0 Å². The number of alkyl halides is 6. The Hall–Kier alpha value is -1.12. The van der Waals surface area contributed by atoms with Crippen molar-refractivity contribution in [1.29, 1.82) is 0 Å². The molecule has 1 heterocycles. The Morgan fingerprint density at radius 2 is 1.12 bits per heavy atom. The number of aliphatic hydroxyl groups excluding tert-OH is 1. The van der Waals surface area contributed by atoms with Crippen LogP contribution in [0.1, 0.15) is 6.92 Å². The van der Waals surface area contributed by atoms with E-state index in [0.29, 0.717) is 0 Å². The summed E-state index contributed by atoms with van der Waals surface area (Å²) < 4.78 is 72.0. The number of halogens is 6. The van der Waals surface area contributed by atoms with E-state index >= 15 is 0 Å². The van der Waals surface area contributed by atoms with E-state index in [0.717, 1.165) is 14.0 Å². The van der Waals surface area contributed by atoms with Crippen molar-refractivity contribution in [2.24, 2.45) is 16.1 Å². The Balaban J connectivity index is 0.00000106. The predicted molar refractivity (Wildman–Crippen MR) is 44.3 cm³/mol. The largest absolute Gasteiger partial charge is 0.431 e. The molecule has 0 saturated carbocycles. The van der Waals surface area contributed by atoms with Crippen molar-refractivity contribution in [3.8, 4) is 0 Å². The van der Waals surface area contributed by atoms with Crippen LogP contribution in [-0.2, 0) is 0 Å². The standard InChI is InChI=1S/C6H4F6N2.CH4O/c1-2-3(5(7,8)9)13-14-4(2)6(10,11)12;1-2/h2H,1H3;2H,1H3. The van der Waals surface area contributed by atoms with Crippen molar-refractivity contribution < 1.29 is 31.4 Å². The fraction of sp³-hybridized carbons (Fsp3) is 0.714. The van der Waals surface area contributed by atoms with Gasteiger partial charge in [0.1, 0.15) is 0 Å². The van der Waals surface area contributed by atoms with Crippen molar-refractivity contribution in [1.82, 2.24) is 0 Å². The molecule has 0 fully saturated rings. The molecule has 94 valence electrons. The second-order valence-electron chi connectivity index (χ2n) is 2.69. The Morgan fingerprint density at radius 1 is 0.875 bits per heavy atom. The quantitative estimate of drug-likeness (QED) is 0.658. The highest BCUT2D eigenvalue weighted by atomic mass is 19.4. The van der Waals surface area contributed by atoms with Gasteiger partial charge in [-0.15, -0.1) is 10.2 Å². The molecule has 0 aromatic carbocycles. The monoisotopic (exact) mass is 250 g/mol. The van der Waals surface area contributed by atoms with Crippen LogP contribution in [0.25, 0.3) is 0 Å². The number of nitrogens with zero attached hydrogens (tertiary/aromatic N) is 2. The van der Waals surface area contributed by atoms with E-state index < -0.39 is 29.7 Å². The normalized spacial score (nSPS) is 17.6. The second-order valence-corrected chi connectivity index (χ2v) is 2.69. The highest BCUT2D eigenvalue weighted by Gasteiger charge is 2.51. The fourth-order valence-electron chi connectivity index (χ4n) is 1.01. The summed E-state index contributed by atoms with van der Waals surface area (Å²) in [6.45, 7) is 0.769. The van der Waals surface area contributed by atoms with Crippen LogP contribution in [0.2, 0.25) is 0 Å². The average Bonchev–Trinajstić information content (AvgIpc) is 2.48. The first-order chi connectivity index (χ1) is 7.14. The lowest BCUT2D eigenvalue weighted by atomic mass is 10.00. The lowest BCUT2D eigenvalue weighted by Gasteiger charge is -2.14. The van der Waals surface area contributed by atoms with Crippen LogP contribution in [0.4, 0.5) is 26.3 Å². The molecule has 0 aromatic heterocycles. The van der Waals surface area contributed by atoms with Gasteiger partial charge in [0.2, 0.25) is 0 Å². The van der Waals surface area contributed by atoms with E-state index in [1.54, 1.807) is 0 Å². The SMILES string of the molecule is CC1C(C(F)(F)F)=NN=C1C(F)(F)F.CO. The number of aliphatic hydroxyl groups is 1. The van der Waals surface area contributed by atoms with E-state index in [-0.39, 0.29) is 0 Å². The van der Waals surface area contributed by atoms with E-state index in [4.69, 9.17) is 5.11 Å². The number of rotatable bonds is 0. The van der Waals surface area contributed by atoms with E-state index in [1.165, 1.54) is 0 Å². The first kappa shape index (κ1) is 14.9.